The maximum Gasteiger partial charge on any atom is 0.218 e. The van der Waals surface area contributed by atoms with Gasteiger partial charge in [-0.05, 0) is 33.2 Å². The summed E-state index contributed by atoms with van der Waals surface area (Å²) in [7, 11) is -3.21. The Balaban J connectivity index is 2.44. The summed E-state index contributed by atoms with van der Waals surface area (Å²) in [5.41, 5.74) is 5.01. The highest BCUT2D eigenvalue weighted by Gasteiger charge is 2.21. The molecule has 1 aliphatic heterocycles. The molecule has 6 nitrogen and oxygen atoms in total. The minimum Gasteiger partial charge on any atom is -0.370 e. The summed E-state index contributed by atoms with van der Waals surface area (Å²) >= 11 is 0. The van der Waals surface area contributed by atoms with Crippen LogP contribution in [0.2, 0.25) is 0 Å². The van der Waals surface area contributed by atoms with Crippen LogP contribution in [0.5, 0.6) is 0 Å². The van der Waals surface area contributed by atoms with Gasteiger partial charge in [0.2, 0.25) is 5.91 Å². The van der Waals surface area contributed by atoms with Crippen LogP contribution in [-0.4, -0.2) is 62.4 Å². The highest BCUT2D eigenvalue weighted by molar-refractivity contribution is 7.91. The number of carbonyl (C=O) groups excluding carboxylic acids is 1. The van der Waals surface area contributed by atoms with Crippen LogP contribution in [0, 0.1) is 0 Å². The standard InChI is InChI=1S/C14H29N3O3S/c1-12(2)17(11-13-5-3-4-7-16-13)8-10-21(19,20)9-6-14(15)18/h12-13,16H,3-11H2,1-2H3,(H2,15,18). The molecule has 0 aliphatic carbocycles. The summed E-state index contributed by atoms with van der Waals surface area (Å²) in [6, 6.07) is 0.759. The van der Waals surface area contributed by atoms with Gasteiger partial charge in [0.05, 0.1) is 11.5 Å². The van der Waals surface area contributed by atoms with Crippen molar-refractivity contribution in [2.45, 2.75) is 51.6 Å². The van der Waals surface area contributed by atoms with E-state index in [2.05, 4.69) is 24.1 Å². The molecule has 21 heavy (non-hydrogen) atoms. The lowest BCUT2D eigenvalue weighted by Crippen LogP contribution is -2.47. The maximum atomic E-state index is 11.9. The van der Waals surface area contributed by atoms with Crippen LogP contribution in [0.1, 0.15) is 39.5 Å². The van der Waals surface area contributed by atoms with Gasteiger partial charge >= 0.3 is 0 Å². The molecule has 1 saturated heterocycles. The summed E-state index contributed by atoms with van der Waals surface area (Å²) in [6.07, 6.45) is 3.52. The number of nitrogens with zero attached hydrogens (tertiary/aromatic N) is 1. The molecule has 1 fully saturated rings. The summed E-state index contributed by atoms with van der Waals surface area (Å²) in [5.74, 6) is -0.619. The molecule has 0 spiro atoms. The first kappa shape index (κ1) is 18.4. The molecule has 1 atom stereocenters. The second-order valence-corrected chi connectivity index (χ2v) is 8.41. The number of piperidine rings is 1. The van der Waals surface area contributed by atoms with Crippen LogP contribution in [-0.2, 0) is 14.6 Å². The van der Waals surface area contributed by atoms with Gasteiger partial charge in [-0.25, -0.2) is 8.42 Å². The van der Waals surface area contributed by atoms with Gasteiger partial charge in [-0.2, -0.15) is 0 Å². The number of primary amides is 1. The van der Waals surface area contributed by atoms with Gasteiger partial charge in [0.1, 0.15) is 0 Å². The summed E-state index contributed by atoms with van der Waals surface area (Å²) in [4.78, 5) is 12.9. The zero-order chi connectivity index (χ0) is 15.9. The van der Waals surface area contributed by atoms with Gasteiger partial charge in [0, 0.05) is 31.6 Å². The van der Waals surface area contributed by atoms with Gasteiger partial charge in [-0.1, -0.05) is 6.42 Å². The van der Waals surface area contributed by atoms with E-state index in [0.717, 1.165) is 19.5 Å². The lowest BCUT2D eigenvalue weighted by molar-refractivity contribution is -0.117. The lowest BCUT2D eigenvalue weighted by atomic mass is 10.0. The highest BCUT2D eigenvalue weighted by atomic mass is 32.2. The Morgan fingerprint density at radius 3 is 2.57 bits per heavy atom. The van der Waals surface area contributed by atoms with E-state index in [1.165, 1.54) is 12.8 Å². The molecule has 1 amide bonds. The molecule has 1 aliphatic rings. The Bertz CT molecular complexity index is 417. The van der Waals surface area contributed by atoms with E-state index in [4.69, 9.17) is 5.73 Å². The smallest absolute Gasteiger partial charge is 0.218 e. The van der Waals surface area contributed by atoms with Crippen molar-refractivity contribution < 1.29 is 13.2 Å². The van der Waals surface area contributed by atoms with Crippen LogP contribution in [0.15, 0.2) is 0 Å². The average Bonchev–Trinajstić information content (AvgIpc) is 2.42. The first-order chi connectivity index (χ1) is 9.80. The molecule has 1 rings (SSSR count). The Kier molecular flexibility index (Phi) is 7.62. The number of nitrogens with one attached hydrogen (secondary N) is 1. The minimum atomic E-state index is -3.21. The first-order valence-electron chi connectivity index (χ1n) is 7.76. The SMILES string of the molecule is CC(C)N(CCS(=O)(=O)CCC(N)=O)CC1CCCCN1. The number of nitrogens with two attached hydrogens (primary N) is 1. The van der Waals surface area contributed by atoms with Crippen molar-refractivity contribution in [2.24, 2.45) is 5.73 Å². The molecular weight excluding hydrogens is 290 g/mol. The number of rotatable bonds is 9. The third-order valence-electron chi connectivity index (χ3n) is 3.95. The predicted octanol–water partition coefficient (Wildman–Crippen LogP) is 0.129. The maximum absolute atomic E-state index is 11.9. The third kappa shape index (κ3) is 7.78. The lowest BCUT2D eigenvalue weighted by Gasteiger charge is -2.33. The fourth-order valence-corrected chi connectivity index (χ4v) is 3.77. The zero-order valence-corrected chi connectivity index (χ0v) is 14.0. The van der Waals surface area contributed by atoms with Crippen molar-refractivity contribution in [3.63, 3.8) is 0 Å². The number of sulfone groups is 1. The Labute approximate surface area is 128 Å². The minimum absolute atomic E-state index is 0.0885. The van der Waals surface area contributed by atoms with E-state index >= 15 is 0 Å². The summed E-state index contributed by atoms with van der Waals surface area (Å²) in [6.45, 7) is 6.60. The molecule has 124 valence electrons. The van der Waals surface area contributed by atoms with E-state index in [-0.39, 0.29) is 17.9 Å². The molecule has 0 aromatic rings. The number of hydrogen-bond acceptors (Lipinski definition) is 5. The first-order valence-corrected chi connectivity index (χ1v) is 9.58. The summed E-state index contributed by atoms with van der Waals surface area (Å²) in [5, 5.41) is 3.49. The zero-order valence-electron chi connectivity index (χ0n) is 13.2. The van der Waals surface area contributed by atoms with Crippen LogP contribution >= 0.6 is 0 Å². The second-order valence-electron chi connectivity index (χ2n) is 6.10. The second kappa shape index (κ2) is 8.70. The fraction of sp³-hybridized carbons (Fsp3) is 0.929. The molecule has 3 N–H and O–H groups in total. The normalized spacial score (nSPS) is 20.1. The predicted molar refractivity (Wildman–Crippen MR) is 84.8 cm³/mol. The van der Waals surface area contributed by atoms with Crippen LogP contribution in [0.4, 0.5) is 0 Å². The third-order valence-corrected chi connectivity index (χ3v) is 5.58. The number of carbonyl (C=O) groups is 1. The van der Waals surface area contributed by atoms with Crippen molar-refractivity contribution in [3.8, 4) is 0 Å². The molecule has 7 heteroatoms. The Morgan fingerprint density at radius 1 is 1.33 bits per heavy atom. The van der Waals surface area contributed by atoms with Gasteiger partial charge in [-0.15, -0.1) is 0 Å². The van der Waals surface area contributed by atoms with Crippen molar-refractivity contribution in [1.82, 2.24) is 10.2 Å². The quantitative estimate of drug-likeness (QED) is 0.630. The van der Waals surface area contributed by atoms with E-state index < -0.39 is 15.7 Å². The fourth-order valence-electron chi connectivity index (χ4n) is 2.54. The van der Waals surface area contributed by atoms with Crippen LogP contribution in [0.3, 0.4) is 0 Å². The van der Waals surface area contributed by atoms with Crippen LogP contribution in [0.25, 0.3) is 0 Å². The van der Waals surface area contributed by atoms with E-state index in [1.807, 2.05) is 0 Å². The van der Waals surface area contributed by atoms with Crippen LogP contribution < -0.4 is 11.1 Å². The molecule has 0 bridgehead atoms. The molecule has 0 saturated carbocycles. The van der Waals surface area contributed by atoms with Crippen molar-refractivity contribution in [2.75, 3.05) is 31.1 Å². The molecule has 1 heterocycles. The van der Waals surface area contributed by atoms with Gasteiger partial charge in [0.15, 0.2) is 9.84 Å². The molecule has 0 radical (unpaired) electrons. The Morgan fingerprint density at radius 2 is 2.05 bits per heavy atom. The van der Waals surface area contributed by atoms with Gasteiger partial charge in [0.25, 0.3) is 0 Å². The van der Waals surface area contributed by atoms with Gasteiger partial charge < -0.3 is 11.1 Å². The van der Waals surface area contributed by atoms with E-state index in [9.17, 15) is 13.2 Å². The number of hydrogen-bond donors (Lipinski definition) is 2. The molecule has 0 aromatic carbocycles. The molecule has 0 aromatic heterocycles. The molecular formula is C14H29N3O3S. The Hall–Kier alpha value is -0.660. The average molecular weight is 319 g/mol. The number of amides is 1. The molecule has 1 unspecified atom stereocenters. The van der Waals surface area contributed by atoms with E-state index in [1.54, 1.807) is 0 Å². The monoisotopic (exact) mass is 319 g/mol. The van der Waals surface area contributed by atoms with Crippen molar-refractivity contribution in [1.29, 1.82) is 0 Å². The largest absolute Gasteiger partial charge is 0.370 e. The van der Waals surface area contributed by atoms with Crippen molar-refractivity contribution in [3.05, 3.63) is 0 Å². The van der Waals surface area contributed by atoms with Gasteiger partial charge in [-0.3, -0.25) is 9.69 Å². The topological polar surface area (TPSA) is 92.5 Å². The summed E-state index contributed by atoms with van der Waals surface area (Å²) < 4.78 is 23.8. The van der Waals surface area contributed by atoms with Crippen molar-refractivity contribution >= 4 is 15.7 Å². The van der Waals surface area contributed by atoms with E-state index in [0.29, 0.717) is 18.6 Å². The highest BCUT2D eigenvalue weighted by Crippen LogP contribution is 2.10.